The number of nitrogens with zero attached hydrogens (tertiary/aromatic N) is 1. The number of aliphatic carboxylic acids is 1. The van der Waals surface area contributed by atoms with Gasteiger partial charge in [0.2, 0.25) is 5.91 Å². The average Bonchev–Trinajstić information content (AvgIpc) is 3.06. The first-order valence-corrected chi connectivity index (χ1v) is 6.28. The van der Waals surface area contributed by atoms with Crippen molar-refractivity contribution in [2.45, 2.75) is 51.2 Å². The lowest BCUT2D eigenvalue weighted by atomic mass is 10.1. The van der Waals surface area contributed by atoms with E-state index in [9.17, 15) is 22.8 Å². The van der Waals surface area contributed by atoms with E-state index in [-0.39, 0.29) is 25.2 Å². The van der Waals surface area contributed by atoms with Gasteiger partial charge in [-0.2, -0.15) is 13.2 Å². The van der Waals surface area contributed by atoms with Crippen molar-refractivity contribution >= 4 is 11.9 Å². The Morgan fingerprint density at radius 3 is 2.32 bits per heavy atom. The molecule has 19 heavy (non-hydrogen) atoms. The van der Waals surface area contributed by atoms with Crippen LogP contribution in [0.5, 0.6) is 0 Å². The van der Waals surface area contributed by atoms with Crippen molar-refractivity contribution in [2.24, 2.45) is 5.92 Å². The third kappa shape index (κ3) is 5.94. The molecule has 1 fully saturated rings. The Morgan fingerprint density at radius 2 is 1.89 bits per heavy atom. The summed E-state index contributed by atoms with van der Waals surface area (Å²) in [6, 6.07) is -0.432. The van der Waals surface area contributed by atoms with Gasteiger partial charge in [0.05, 0.1) is 0 Å². The van der Waals surface area contributed by atoms with E-state index in [1.165, 1.54) is 0 Å². The molecular formula is C12H18F3NO3. The normalized spacial score (nSPS) is 17.1. The van der Waals surface area contributed by atoms with Gasteiger partial charge in [0.1, 0.15) is 6.54 Å². The van der Waals surface area contributed by atoms with Gasteiger partial charge in [0, 0.05) is 18.9 Å². The summed E-state index contributed by atoms with van der Waals surface area (Å²) in [6.07, 6.45) is -3.02. The zero-order valence-corrected chi connectivity index (χ0v) is 10.7. The van der Waals surface area contributed by atoms with Crippen LogP contribution in [-0.2, 0) is 9.59 Å². The third-order valence-electron chi connectivity index (χ3n) is 3.25. The molecule has 4 nitrogen and oxygen atoms in total. The number of halogens is 3. The molecule has 1 N–H and O–H groups in total. The van der Waals surface area contributed by atoms with Crippen molar-refractivity contribution < 1.29 is 27.9 Å². The van der Waals surface area contributed by atoms with E-state index < -0.39 is 30.6 Å². The molecule has 1 aliphatic rings. The molecule has 1 amide bonds. The number of carboxylic acid groups (broad SMARTS) is 1. The Hall–Kier alpha value is -1.27. The largest absolute Gasteiger partial charge is 0.481 e. The summed E-state index contributed by atoms with van der Waals surface area (Å²) in [7, 11) is 0. The van der Waals surface area contributed by atoms with Crippen molar-refractivity contribution in [1.82, 2.24) is 4.90 Å². The van der Waals surface area contributed by atoms with E-state index in [2.05, 4.69) is 0 Å². The second kappa shape index (κ2) is 6.25. The summed E-state index contributed by atoms with van der Waals surface area (Å²) in [4.78, 5) is 23.0. The van der Waals surface area contributed by atoms with Crippen molar-refractivity contribution in [1.29, 1.82) is 0 Å². The first-order valence-electron chi connectivity index (χ1n) is 6.28. The maximum atomic E-state index is 12.5. The zero-order valence-electron chi connectivity index (χ0n) is 10.7. The number of carbonyl (C=O) groups excluding carboxylic acids is 1. The highest BCUT2D eigenvalue weighted by Crippen LogP contribution is 2.36. The Kier molecular flexibility index (Phi) is 5.20. The Bertz CT molecular complexity index is 340. The van der Waals surface area contributed by atoms with Gasteiger partial charge >= 0.3 is 12.1 Å². The molecule has 1 unspecified atom stereocenters. The van der Waals surface area contributed by atoms with Crippen LogP contribution in [0, 0.1) is 5.92 Å². The number of hydrogen-bond donors (Lipinski definition) is 1. The molecule has 0 saturated heterocycles. The smallest absolute Gasteiger partial charge is 0.406 e. The van der Waals surface area contributed by atoms with Crippen LogP contribution in [0.15, 0.2) is 0 Å². The molecule has 1 saturated carbocycles. The van der Waals surface area contributed by atoms with Crippen LogP contribution < -0.4 is 0 Å². The lowest BCUT2D eigenvalue weighted by molar-refractivity contribution is -0.166. The van der Waals surface area contributed by atoms with Gasteiger partial charge in [-0.1, -0.05) is 0 Å². The molecule has 0 heterocycles. The molecule has 1 aliphatic carbocycles. The van der Waals surface area contributed by atoms with Crippen LogP contribution in [0.2, 0.25) is 0 Å². The second-order valence-electron chi connectivity index (χ2n) is 4.96. The maximum absolute atomic E-state index is 12.5. The van der Waals surface area contributed by atoms with Gasteiger partial charge in [0.25, 0.3) is 0 Å². The van der Waals surface area contributed by atoms with Crippen molar-refractivity contribution in [3.8, 4) is 0 Å². The fourth-order valence-corrected chi connectivity index (χ4v) is 2.02. The van der Waals surface area contributed by atoms with E-state index in [0.717, 1.165) is 17.7 Å². The van der Waals surface area contributed by atoms with Crippen LogP contribution in [-0.4, -0.2) is 40.6 Å². The quantitative estimate of drug-likeness (QED) is 0.779. The van der Waals surface area contributed by atoms with Gasteiger partial charge in [-0.05, 0) is 32.1 Å². The molecule has 0 aromatic heterocycles. The molecule has 0 radical (unpaired) electrons. The maximum Gasteiger partial charge on any atom is 0.406 e. The third-order valence-corrected chi connectivity index (χ3v) is 3.25. The molecule has 7 heteroatoms. The van der Waals surface area contributed by atoms with E-state index in [4.69, 9.17) is 5.11 Å². The van der Waals surface area contributed by atoms with Crippen LogP contribution in [0.1, 0.15) is 39.0 Å². The van der Waals surface area contributed by atoms with Crippen LogP contribution in [0.25, 0.3) is 0 Å². The fraction of sp³-hybridized carbons (Fsp3) is 0.833. The molecule has 0 aromatic rings. The molecule has 1 rings (SSSR count). The summed E-state index contributed by atoms with van der Waals surface area (Å²) in [5.74, 6) is -1.52. The summed E-state index contributed by atoms with van der Waals surface area (Å²) in [5.41, 5.74) is 0. The Balaban J connectivity index is 2.56. The SMILES string of the molecule is CC(C1CC1)N(CC(F)(F)F)C(=O)CCCC(=O)O. The topological polar surface area (TPSA) is 57.6 Å². The summed E-state index contributed by atoms with van der Waals surface area (Å²) in [5, 5.41) is 8.45. The van der Waals surface area contributed by atoms with Crippen LogP contribution in [0.3, 0.4) is 0 Å². The lowest BCUT2D eigenvalue weighted by Crippen LogP contribution is -2.45. The number of carboxylic acids is 1. The summed E-state index contributed by atoms with van der Waals surface area (Å²) < 4.78 is 37.4. The average molecular weight is 281 g/mol. The number of carbonyl (C=O) groups is 2. The Morgan fingerprint density at radius 1 is 1.32 bits per heavy atom. The minimum Gasteiger partial charge on any atom is -0.481 e. The van der Waals surface area contributed by atoms with Gasteiger partial charge in [-0.3, -0.25) is 9.59 Å². The molecule has 0 spiro atoms. The summed E-state index contributed by atoms with van der Waals surface area (Å²) in [6.45, 7) is 0.370. The second-order valence-corrected chi connectivity index (χ2v) is 4.96. The lowest BCUT2D eigenvalue weighted by Gasteiger charge is -2.30. The highest BCUT2D eigenvalue weighted by atomic mass is 19.4. The molecule has 1 atom stereocenters. The van der Waals surface area contributed by atoms with Crippen molar-refractivity contribution in [3.63, 3.8) is 0 Å². The van der Waals surface area contributed by atoms with Gasteiger partial charge in [0.15, 0.2) is 0 Å². The van der Waals surface area contributed by atoms with E-state index in [1.54, 1.807) is 6.92 Å². The van der Waals surface area contributed by atoms with Gasteiger partial charge < -0.3 is 10.0 Å². The van der Waals surface area contributed by atoms with Crippen molar-refractivity contribution in [2.75, 3.05) is 6.54 Å². The highest BCUT2D eigenvalue weighted by Gasteiger charge is 2.40. The van der Waals surface area contributed by atoms with E-state index in [0.29, 0.717) is 0 Å². The molecule has 110 valence electrons. The zero-order chi connectivity index (χ0) is 14.6. The number of amides is 1. The van der Waals surface area contributed by atoms with E-state index >= 15 is 0 Å². The van der Waals surface area contributed by atoms with Crippen molar-refractivity contribution in [3.05, 3.63) is 0 Å². The standard InChI is InChI=1S/C12H18F3NO3/c1-8(9-5-6-9)16(7-12(13,14)15)10(17)3-2-4-11(18)19/h8-9H,2-7H2,1H3,(H,18,19). The first-order chi connectivity index (χ1) is 8.70. The monoisotopic (exact) mass is 281 g/mol. The minimum atomic E-state index is -4.42. The summed E-state index contributed by atoms with van der Waals surface area (Å²) >= 11 is 0. The predicted octanol–water partition coefficient (Wildman–Crippen LogP) is 2.43. The van der Waals surface area contributed by atoms with Gasteiger partial charge in [-0.15, -0.1) is 0 Å². The van der Waals surface area contributed by atoms with Crippen LogP contribution in [0.4, 0.5) is 13.2 Å². The molecular weight excluding hydrogens is 263 g/mol. The van der Waals surface area contributed by atoms with E-state index in [1.807, 2.05) is 0 Å². The number of alkyl halides is 3. The minimum absolute atomic E-state index is 0.0694. The fourth-order valence-electron chi connectivity index (χ4n) is 2.02. The predicted molar refractivity (Wildman–Crippen MR) is 61.4 cm³/mol. The first kappa shape index (κ1) is 15.8. The number of rotatable bonds is 7. The molecule has 0 bridgehead atoms. The molecule has 0 aliphatic heterocycles. The molecule has 0 aromatic carbocycles. The van der Waals surface area contributed by atoms with Gasteiger partial charge in [-0.25, -0.2) is 0 Å². The Labute approximate surface area is 109 Å². The number of hydrogen-bond acceptors (Lipinski definition) is 2. The van der Waals surface area contributed by atoms with Crippen LogP contribution >= 0.6 is 0 Å². The highest BCUT2D eigenvalue weighted by molar-refractivity contribution is 5.77.